The Bertz CT molecular complexity index is 1090. The summed E-state index contributed by atoms with van der Waals surface area (Å²) >= 11 is 0. The minimum atomic E-state index is -3.40. The number of hydrogen-bond acceptors (Lipinski definition) is 6. The highest BCUT2D eigenvalue weighted by atomic mass is 32.2. The molecule has 0 spiro atoms. The van der Waals surface area contributed by atoms with Gasteiger partial charge in [-0.15, -0.1) is 0 Å². The van der Waals surface area contributed by atoms with Crippen molar-refractivity contribution >= 4 is 26.8 Å². The number of nitrogens with zero attached hydrogens (tertiary/aromatic N) is 2. The van der Waals surface area contributed by atoms with Crippen molar-refractivity contribution in [3.8, 4) is 5.75 Å². The molecule has 3 aliphatic heterocycles. The summed E-state index contributed by atoms with van der Waals surface area (Å²) in [5, 5.41) is 8.02. The predicted molar refractivity (Wildman–Crippen MR) is 119 cm³/mol. The van der Waals surface area contributed by atoms with Crippen LogP contribution < -0.4 is 9.46 Å². The van der Waals surface area contributed by atoms with E-state index in [1.165, 1.54) is 0 Å². The molecule has 0 radical (unpaired) electrons. The van der Waals surface area contributed by atoms with Crippen molar-refractivity contribution in [1.82, 2.24) is 19.8 Å². The number of hydrogen-bond donors (Lipinski definition) is 2. The van der Waals surface area contributed by atoms with Crippen molar-refractivity contribution in [3.63, 3.8) is 0 Å². The summed E-state index contributed by atoms with van der Waals surface area (Å²) in [5.41, 5.74) is 2.00. The van der Waals surface area contributed by atoms with Crippen LogP contribution in [0.1, 0.15) is 50.0 Å². The van der Waals surface area contributed by atoms with Crippen molar-refractivity contribution in [3.05, 3.63) is 23.9 Å². The molecule has 2 bridgehead atoms. The first-order valence-corrected chi connectivity index (χ1v) is 13.3. The third kappa shape index (κ3) is 4.35. The number of rotatable bonds is 2. The number of carbonyl (C=O) groups is 1. The lowest BCUT2D eigenvalue weighted by molar-refractivity contribution is -0.140. The number of piperidine rings is 1. The highest BCUT2D eigenvalue weighted by Gasteiger charge is 2.38. The molecule has 1 aliphatic carbocycles. The fourth-order valence-corrected chi connectivity index (χ4v) is 6.29. The van der Waals surface area contributed by atoms with Crippen molar-refractivity contribution in [2.24, 2.45) is 0 Å². The fourth-order valence-electron chi connectivity index (χ4n) is 5.47. The summed E-state index contributed by atoms with van der Waals surface area (Å²) in [6.45, 7) is 0.789. The number of fused-ring (bicyclic) bond motifs is 6. The molecule has 174 valence electrons. The van der Waals surface area contributed by atoms with Gasteiger partial charge in [0.1, 0.15) is 5.75 Å². The lowest BCUT2D eigenvalue weighted by Gasteiger charge is -2.41. The van der Waals surface area contributed by atoms with Gasteiger partial charge in [0, 0.05) is 12.6 Å². The number of ether oxygens (including phenoxy) is 2. The molecule has 1 amide bonds. The zero-order valence-electron chi connectivity index (χ0n) is 18.2. The van der Waals surface area contributed by atoms with E-state index >= 15 is 0 Å². The van der Waals surface area contributed by atoms with E-state index in [1.54, 1.807) is 11.1 Å². The maximum Gasteiger partial charge on any atom is 0.260 e. The van der Waals surface area contributed by atoms with E-state index in [0.29, 0.717) is 25.5 Å². The molecule has 1 aromatic heterocycles. The standard InChI is InChI=1S/C22H30N4O5S/c1-32(28,29)25-19-3-2-10-26-20(19)12-30-15-6-4-14(5-7-15)16-8-9-18-17(11-23-24-18)22(16)31-13-21(26)27/h8-9,11,14-15,19-20,25H,2-7,10,12-13H2,1H3,(H,23,24). The molecule has 2 N–H and O–H groups in total. The third-order valence-corrected chi connectivity index (χ3v) is 7.76. The molecule has 2 fully saturated rings. The molecule has 1 saturated carbocycles. The first kappa shape index (κ1) is 21.7. The van der Waals surface area contributed by atoms with Crippen LogP contribution >= 0.6 is 0 Å². The number of amides is 1. The van der Waals surface area contributed by atoms with Gasteiger partial charge in [0.2, 0.25) is 10.0 Å². The molecule has 1 aromatic carbocycles. The first-order valence-electron chi connectivity index (χ1n) is 11.4. The van der Waals surface area contributed by atoms with Crippen LogP contribution in [0, 0.1) is 0 Å². The van der Waals surface area contributed by atoms with Crippen LogP contribution in [0.25, 0.3) is 10.9 Å². The van der Waals surface area contributed by atoms with Gasteiger partial charge in [0.05, 0.1) is 42.1 Å². The van der Waals surface area contributed by atoms with Gasteiger partial charge in [0.25, 0.3) is 5.91 Å². The second kappa shape index (κ2) is 8.64. The van der Waals surface area contributed by atoms with E-state index in [2.05, 4.69) is 21.0 Å². The number of aromatic nitrogens is 2. The summed E-state index contributed by atoms with van der Waals surface area (Å²) in [5.74, 6) is 0.923. The predicted octanol–water partition coefficient (Wildman–Crippen LogP) is 1.91. The van der Waals surface area contributed by atoms with Crippen LogP contribution in [0.15, 0.2) is 18.3 Å². The Morgan fingerprint density at radius 3 is 2.78 bits per heavy atom. The Labute approximate surface area is 187 Å². The van der Waals surface area contributed by atoms with E-state index in [0.717, 1.165) is 60.6 Å². The van der Waals surface area contributed by atoms with Crippen LogP contribution in [0.3, 0.4) is 0 Å². The van der Waals surface area contributed by atoms with Gasteiger partial charge < -0.3 is 14.4 Å². The summed E-state index contributed by atoms with van der Waals surface area (Å²) in [6, 6.07) is 3.39. The van der Waals surface area contributed by atoms with Crippen LogP contribution in [-0.2, 0) is 19.6 Å². The normalized spacial score (nSPS) is 29.4. The minimum absolute atomic E-state index is 0.102. The van der Waals surface area contributed by atoms with E-state index in [-0.39, 0.29) is 30.7 Å². The maximum atomic E-state index is 13.3. The topological polar surface area (TPSA) is 114 Å². The summed E-state index contributed by atoms with van der Waals surface area (Å²) < 4.78 is 39.1. The maximum absolute atomic E-state index is 13.3. The molecular formula is C22H30N4O5S. The van der Waals surface area contributed by atoms with Gasteiger partial charge in [-0.05, 0) is 56.1 Å². The molecule has 6 rings (SSSR count). The molecule has 4 heterocycles. The fraction of sp³-hybridized carbons (Fsp3) is 0.636. The lowest BCUT2D eigenvalue weighted by Crippen LogP contribution is -2.59. The van der Waals surface area contributed by atoms with Gasteiger partial charge >= 0.3 is 0 Å². The molecular weight excluding hydrogens is 432 g/mol. The van der Waals surface area contributed by atoms with Crippen molar-refractivity contribution in [2.45, 2.75) is 62.6 Å². The third-order valence-electron chi connectivity index (χ3n) is 7.03. The molecule has 32 heavy (non-hydrogen) atoms. The first-order chi connectivity index (χ1) is 15.4. The minimum Gasteiger partial charge on any atom is -0.483 e. The Morgan fingerprint density at radius 1 is 1.19 bits per heavy atom. The van der Waals surface area contributed by atoms with Crippen LogP contribution in [0.4, 0.5) is 0 Å². The monoisotopic (exact) mass is 462 g/mol. The van der Waals surface area contributed by atoms with E-state index in [1.807, 2.05) is 6.07 Å². The van der Waals surface area contributed by atoms with Crippen molar-refractivity contribution in [1.29, 1.82) is 0 Å². The van der Waals surface area contributed by atoms with Crippen molar-refractivity contribution < 1.29 is 22.7 Å². The molecule has 9 nitrogen and oxygen atoms in total. The number of nitrogens with one attached hydrogen (secondary N) is 2. The van der Waals surface area contributed by atoms with Gasteiger partial charge in [-0.2, -0.15) is 5.10 Å². The van der Waals surface area contributed by atoms with Gasteiger partial charge in [-0.3, -0.25) is 9.89 Å². The highest BCUT2D eigenvalue weighted by molar-refractivity contribution is 7.88. The summed E-state index contributed by atoms with van der Waals surface area (Å²) in [7, 11) is -3.40. The van der Waals surface area contributed by atoms with Crippen LogP contribution in [0.5, 0.6) is 5.75 Å². The van der Waals surface area contributed by atoms with Crippen LogP contribution in [0.2, 0.25) is 0 Å². The Kier molecular flexibility index (Phi) is 5.85. The zero-order chi connectivity index (χ0) is 22.3. The molecule has 2 aromatic rings. The molecule has 1 saturated heterocycles. The van der Waals surface area contributed by atoms with E-state index < -0.39 is 10.0 Å². The second-order valence-corrected chi connectivity index (χ2v) is 11.0. The largest absolute Gasteiger partial charge is 0.483 e. The Morgan fingerprint density at radius 2 is 2.00 bits per heavy atom. The number of H-pyrrole nitrogens is 1. The Balaban J connectivity index is 1.49. The molecule has 10 heteroatoms. The highest BCUT2D eigenvalue weighted by Crippen LogP contribution is 2.41. The van der Waals surface area contributed by atoms with Gasteiger partial charge in [0.15, 0.2) is 6.61 Å². The molecule has 4 aliphatic rings. The van der Waals surface area contributed by atoms with Crippen molar-refractivity contribution in [2.75, 3.05) is 26.0 Å². The zero-order valence-corrected chi connectivity index (χ0v) is 19.1. The van der Waals surface area contributed by atoms with Gasteiger partial charge in [-0.25, -0.2) is 13.1 Å². The smallest absolute Gasteiger partial charge is 0.260 e. The molecule has 2 unspecified atom stereocenters. The number of aromatic amines is 1. The number of carbonyl (C=O) groups excluding carboxylic acids is 1. The van der Waals surface area contributed by atoms with E-state index in [9.17, 15) is 13.2 Å². The Hall–Kier alpha value is -2.17. The van der Waals surface area contributed by atoms with Gasteiger partial charge in [-0.1, -0.05) is 6.07 Å². The summed E-state index contributed by atoms with van der Waals surface area (Å²) in [6.07, 6.45) is 8.26. The quantitative estimate of drug-likeness (QED) is 0.705. The molecule has 2 atom stereocenters. The second-order valence-electron chi connectivity index (χ2n) is 9.20. The average Bonchev–Trinajstić information content (AvgIpc) is 3.24. The summed E-state index contributed by atoms with van der Waals surface area (Å²) in [4.78, 5) is 15.0. The van der Waals surface area contributed by atoms with Crippen LogP contribution in [-0.4, -0.2) is 73.6 Å². The SMILES string of the molecule is CS(=O)(=O)NC1CCCN2C(=O)COc3c(ccc4[nH]ncc34)C3CCC(CC3)OCC12. The number of sulfonamides is 1. The average molecular weight is 463 g/mol. The van der Waals surface area contributed by atoms with E-state index in [4.69, 9.17) is 9.47 Å². The number of benzene rings is 1. The lowest BCUT2D eigenvalue weighted by atomic mass is 9.82.